The monoisotopic (exact) mass is 362 g/mol. The Kier molecular flexibility index (Phi) is 6.14. The van der Waals surface area contributed by atoms with E-state index in [1.54, 1.807) is 6.07 Å². The molecule has 2 N–H and O–H groups in total. The third-order valence-corrected chi connectivity index (χ3v) is 5.45. The van der Waals surface area contributed by atoms with Crippen molar-refractivity contribution in [3.8, 4) is 0 Å². The molecule has 0 aliphatic heterocycles. The highest BCUT2D eigenvalue weighted by Gasteiger charge is 2.24. The number of carbonyl (C=O) groups excluding carboxylic acids is 1. The van der Waals surface area contributed by atoms with E-state index in [4.69, 9.17) is 5.73 Å². The maximum atomic E-state index is 12.4. The Bertz CT molecular complexity index is 889. The zero-order chi connectivity index (χ0) is 18.4. The summed E-state index contributed by atoms with van der Waals surface area (Å²) in [5.41, 5.74) is 6.71. The fourth-order valence-corrected chi connectivity index (χ4v) is 3.82. The fourth-order valence-electron chi connectivity index (χ4n) is 2.68. The molecule has 0 aliphatic carbocycles. The number of pyridine rings is 1. The SMILES string of the molecule is CS(=O)(=O)C(CCC(N)=O)n1ccc(CCc2ccccc2)cc1=O. The van der Waals surface area contributed by atoms with Crippen LogP contribution in [0.1, 0.15) is 29.3 Å². The number of nitrogens with zero attached hydrogens (tertiary/aromatic N) is 1. The average Bonchev–Trinajstić information content (AvgIpc) is 2.54. The van der Waals surface area contributed by atoms with Crippen LogP contribution >= 0.6 is 0 Å². The second kappa shape index (κ2) is 8.11. The van der Waals surface area contributed by atoms with Gasteiger partial charge >= 0.3 is 0 Å². The topological polar surface area (TPSA) is 99.2 Å². The molecule has 7 heteroatoms. The first-order chi connectivity index (χ1) is 11.8. The van der Waals surface area contributed by atoms with Crippen LogP contribution in [0.3, 0.4) is 0 Å². The Balaban J connectivity index is 2.18. The summed E-state index contributed by atoms with van der Waals surface area (Å²) < 4.78 is 25.1. The molecule has 1 aromatic carbocycles. The second-order valence-corrected chi connectivity index (χ2v) is 8.26. The third-order valence-electron chi connectivity index (χ3n) is 4.00. The standard InChI is InChI=1S/C18H22N2O4S/c1-25(23,24)18(10-9-16(19)21)20-12-11-15(13-17(20)22)8-7-14-5-3-2-4-6-14/h2-6,11-13,18H,7-10H2,1H3,(H2,19,21). The number of hydrogen-bond acceptors (Lipinski definition) is 4. The van der Waals surface area contributed by atoms with Crippen LogP contribution in [0.4, 0.5) is 0 Å². The number of sulfone groups is 1. The maximum absolute atomic E-state index is 12.4. The van der Waals surface area contributed by atoms with Crippen molar-refractivity contribution in [1.29, 1.82) is 0 Å². The van der Waals surface area contributed by atoms with Crippen molar-refractivity contribution in [2.24, 2.45) is 5.73 Å². The number of rotatable bonds is 8. The summed E-state index contributed by atoms with van der Waals surface area (Å²) in [5, 5.41) is -1.09. The summed E-state index contributed by atoms with van der Waals surface area (Å²) in [7, 11) is -3.55. The lowest BCUT2D eigenvalue weighted by atomic mass is 10.1. The number of benzene rings is 1. The lowest BCUT2D eigenvalue weighted by Crippen LogP contribution is -2.30. The molecule has 0 aliphatic rings. The molecular weight excluding hydrogens is 340 g/mol. The second-order valence-electron chi connectivity index (χ2n) is 6.06. The number of amides is 1. The smallest absolute Gasteiger partial charge is 0.251 e. The van der Waals surface area contributed by atoms with Crippen LogP contribution in [-0.4, -0.2) is 25.1 Å². The molecule has 0 fully saturated rings. The quantitative estimate of drug-likeness (QED) is 0.768. The van der Waals surface area contributed by atoms with Crippen molar-refractivity contribution >= 4 is 15.7 Å². The zero-order valence-corrected chi connectivity index (χ0v) is 14.9. The molecule has 6 nitrogen and oxygen atoms in total. The first-order valence-corrected chi connectivity index (χ1v) is 9.95. The number of aryl methyl sites for hydroxylation is 2. The summed E-state index contributed by atoms with van der Waals surface area (Å²) in [6.07, 6.45) is 3.90. The van der Waals surface area contributed by atoms with Crippen molar-refractivity contribution in [1.82, 2.24) is 4.57 Å². The first kappa shape index (κ1) is 18.9. The Morgan fingerprint density at radius 3 is 2.32 bits per heavy atom. The number of nitrogens with two attached hydrogens (primary N) is 1. The first-order valence-electron chi connectivity index (χ1n) is 7.99. The van der Waals surface area contributed by atoms with E-state index in [9.17, 15) is 18.0 Å². The molecule has 25 heavy (non-hydrogen) atoms. The van der Waals surface area contributed by atoms with Crippen LogP contribution in [-0.2, 0) is 27.5 Å². The zero-order valence-electron chi connectivity index (χ0n) is 14.1. The van der Waals surface area contributed by atoms with Gasteiger partial charge in [-0.1, -0.05) is 30.3 Å². The van der Waals surface area contributed by atoms with Crippen LogP contribution < -0.4 is 11.3 Å². The predicted octanol–water partition coefficient (Wildman–Crippen LogP) is 1.44. The number of aromatic nitrogens is 1. The predicted molar refractivity (Wildman–Crippen MR) is 96.9 cm³/mol. The molecule has 1 unspecified atom stereocenters. The van der Waals surface area contributed by atoms with Gasteiger partial charge in [-0.3, -0.25) is 14.2 Å². The molecule has 2 rings (SSSR count). The number of carbonyl (C=O) groups is 1. The van der Waals surface area contributed by atoms with E-state index in [0.29, 0.717) is 6.42 Å². The van der Waals surface area contributed by atoms with Gasteiger partial charge in [-0.05, 0) is 36.5 Å². The van der Waals surface area contributed by atoms with Crippen LogP contribution in [0.2, 0.25) is 0 Å². The molecule has 0 saturated carbocycles. The summed E-state index contributed by atoms with van der Waals surface area (Å²) in [6.45, 7) is 0. The van der Waals surface area contributed by atoms with E-state index in [1.165, 1.54) is 17.8 Å². The van der Waals surface area contributed by atoms with Crippen LogP contribution in [0, 0.1) is 0 Å². The minimum atomic E-state index is -3.55. The van der Waals surface area contributed by atoms with Crippen molar-refractivity contribution in [2.75, 3.05) is 6.26 Å². The summed E-state index contributed by atoms with van der Waals surface area (Å²) in [6, 6.07) is 13.1. The summed E-state index contributed by atoms with van der Waals surface area (Å²) >= 11 is 0. The third kappa shape index (κ3) is 5.56. The molecule has 0 radical (unpaired) electrons. The highest BCUT2D eigenvalue weighted by atomic mass is 32.2. The van der Waals surface area contributed by atoms with Gasteiger partial charge in [-0.2, -0.15) is 0 Å². The Labute approximate surface area is 147 Å². The highest BCUT2D eigenvalue weighted by molar-refractivity contribution is 7.90. The number of primary amides is 1. The van der Waals surface area contributed by atoms with E-state index < -0.39 is 26.7 Å². The van der Waals surface area contributed by atoms with Crippen molar-refractivity contribution in [2.45, 2.75) is 31.1 Å². The van der Waals surface area contributed by atoms with Gasteiger partial charge in [0, 0.05) is 24.9 Å². The van der Waals surface area contributed by atoms with Gasteiger partial charge in [-0.15, -0.1) is 0 Å². The van der Waals surface area contributed by atoms with E-state index >= 15 is 0 Å². The molecule has 2 aromatic rings. The van der Waals surface area contributed by atoms with Crippen molar-refractivity contribution in [3.05, 3.63) is 70.1 Å². The van der Waals surface area contributed by atoms with Crippen molar-refractivity contribution in [3.63, 3.8) is 0 Å². The molecule has 1 amide bonds. The molecular formula is C18H22N2O4S. The molecule has 1 heterocycles. The van der Waals surface area contributed by atoms with Gasteiger partial charge in [0.05, 0.1) is 0 Å². The Morgan fingerprint density at radius 1 is 1.12 bits per heavy atom. The van der Waals surface area contributed by atoms with Crippen LogP contribution in [0.5, 0.6) is 0 Å². The molecule has 0 spiro atoms. The van der Waals surface area contributed by atoms with Crippen LogP contribution in [0.15, 0.2) is 53.5 Å². The lowest BCUT2D eigenvalue weighted by molar-refractivity contribution is -0.118. The molecule has 134 valence electrons. The highest BCUT2D eigenvalue weighted by Crippen LogP contribution is 2.18. The van der Waals surface area contributed by atoms with Crippen LogP contribution in [0.25, 0.3) is 0 Å². The van der Waals surface area contributed by atoms with Crippen molar-refractivity contribution < 1.29 is 13.2 Å². The largest absolute Gasteiger partial charge is 0.370 e. The molecule has 1 atom stereocenters. The molecule has 1 aromatic heterocycles. The molecule has 0 bridgehead atoms. The Hall–Kier alpha value is -2.41. The van der Waals surface area contributed by atoms with E-state index in [-0.39, 0.29) is 12.8 Å². The Morgan fingerprint density at radius 2 is 1.76 bits per heavy atom. The van der Waals surface area contributed by atoms with E-state index in [1.807, 2.05) is 30.3 Å². The normalized spacial score (nSPS) is 12.7. The van der Waals surface area contributed by atoms with E-state index in [0.717, 1.165) is 22.8 Å². The minimum absolute atomic E-state index is 0.0164. The minimum Gasteiger partial charge on any atom is -0.370 e. The van der Waals surface area contributed by atoms with Gasteiger partial charge in [0.1, 0.15) is 5.37 Å². The van der Waals surface area contributed by atoms with E-state index in [2.05, 4.69) is 0 Å². The lowest BCUT2D eigenvalue weighted by Gasteiger charge is -2.18. The molecule has 0 saturated heterocycles. The number of hydrogen-bond donors (Lipinski definition) is 1. The van der Waals surface area contributed by atoms with Gasteiger partial charge in [0.15, 0.2) is 9.84 Å². The van der Waals surface area contributed by atoms with Gasteiger partial charge in [0.25, 0.3) is 5.56 Å². The van der Waals surface area contributed by atoms with Gasteiger partial charge in [-0.25, -0.2) is 8.42 Å². The average molecular weight is 362 g/mol. The van der Waals surface area contributed by atoms with Gasteiger partial charge in [0.2, 0.25) is 5.91 Å². The summed E-state index contributed by atoms with van der Waals surface area (Å²) in [5.74, 6) is -0.596. The fraction of sp³-hybridized carbons (Fsp3) is 0.333. The van der Waals surface area contributed by atoms with Gasteiger partial charge < -0.3 is 5.73 Å². The summed E-state index contributed by atoms with van der Waals surface area (Å²) in [4.78, 5) is 23.3. The maximum Gasteiger partial charge on any atom is 0.251 e.